The fourth-order valence-electron chi connectivity index (χ4n) is 4.87. The van der Waals surface area contributed by atoms with Crippen LogP contribution in [0.4, 0.5) is 5.82 Å². The number of nitriles is 1. The van der Waals surface area contributed by atoms with Crippen molar-refractivity contribution in [3.05, 3.63) is 58.0 Å². The van der Waals surface area contributed by atoms with E-state index in [-0.39, 0.29) is 30.4 Å². The first kappa shape index (κ1) is 31.5. The molecule has 4 aromatic rings. The second-order valence-electron chi connectivity index (χ2n) is 9.34. The number of H-pyrrole nitrogens is 1. The first-order chi connectivity index (χ1) is 18.3. The van der Waals surface area contributed by atoms with Crippen LogP contribution in [-0.4, -0.2) is 53.0 Å². The zero-order chi connectivity index (χ0) is 27.0. The lowest BCUT2D eigenvalue weighted by molar-refractivity contribution is 0.216. The number of methoxy groups -OCH3 is 1. The predicted octanol–water partition coefficient (Wildman–Crippen LogP) is 6.38. The van der Waals surface area contributed by atoms with Gasteiger partial charge >= 0.3 is 0 Å². The third-order valence-electron chi connectivity index (χ3n) is 7.20. The highest BCUT2D eigenvalue weighted by molar-refractivity contribution is 6.35. The summed E-state index contributed by atoms with van der Waals surface area (Å²) in [5, 5.41) is 22.5. The second-order valence-corrected chi connectivity index (χ2v) is 10.2. The number of fused-ring (bicyclic) bond motifs is 1. The average Bonchev–Trinajstić information content (AvgIpc) is 3.30. The van der Waals surface area contributed by atoms with Gasteiger partial charge in [-0.15, -0.1) is 24.8 Å². The summed E-state index contributed by atoms with van der Waals surface area (Å²) < 4.78 is 11.8. The van der Waals surface area contributed by atoms with Gasteiger partial charge in [-0.25, -0.2) is 4.98 Å². The van der Waals surface area contributed by atoms with Gasteiger partial charge in [0.25, 0.3) is 0 Å². The number of nitrogens with zero attached hydrogens (tertiary/aromatic N) is 5. The van der Waals surface area contributed by atoms with Gasteiger partial charge in [0.05, 0.1) is 33.8 Å². The molecule has 2 N–H and O–H groups in total. The standard InChI is InChI=1S/C27H27Cl2N7O2.2ClH/c1-5-27(31-3)13-36(14-27)26-16(9-30)6-17(10-33-26)25-18-7-23(22(37-4)8-21(18)34-35-25)38-15(2)24-19(28)11-32-12-20(24)29;;/h6-8,10-12,15,31H,5,13-14H2,1-4H3,(H,34,35);2*1H/t15-;;/m1../s1. The summed E-state index contributed by atoms with van der Waals surface area (Å²) in [5.74, 6) is 1.70. The van der Waals surface area contributed by atoms with Crippen molar-refractivity contribution in [1.82, 2.24) is 25.5 Å². The molecule has 0 unspecified atom stereocenters. The zero-order valence-electron chi connectivity index (χ0n) is 22.3. The van der Waals surface area contributed by atoms with E-state index in [0.29, 0.717) is 44.2 Å². The van der Waals surface area contributed by atoms with Crippen molar-refractivity contribution >= 4 is 64.7 Å². The minimum atomic E-state index is -0.477. The quantitative estimate of drug-likeness (QED) is 0.232. The van der Waals surface area contributed by atoms with E-state index >= 15 is 0 Å². The Bertz CT molecular complexity index is 1520. The van der Waals surface area contributed by atoms with E-state index in [1.807, 2.05) is 32.2 Å². The Balaban J connectivity index is 0.00000220. The fourth-order valence-corrected chi connectivity index (χ4v) is 5.54. The van der Waals surface area contributed by atoms with Crippen molar-refractivity contribution in [2.45, 2.75) is 31.9 Å². The molecule has 1 aliphatic heterocycles. The Hall–Kier alpha value is -3.00. The Morgan fingerprint density at radius 1 is 1.15 bits per heavy atom. The number of hydrogen-bond acceptors (Lipinski definition) is 8. The number of anilines is 1. The van der Waals surface area contributed by atoms with Crippen molar-refractivity contribution in [3.8, 4) is 28.8 Å². The number of halogens is 4. The Kier molecular flexibility index (Phi) is 9.99. The van der Waals surface area contributed by atoms with Gasteiger partial charge in [0.1, 0.15) is 23.7 Å². The molecular formula is C27H29Cl4N7O2. The summed E-state index contributed by atoms with van der Waals surface area (Å²) in [6.07, 6.45) is 5.34. The highest BCUT2D eigenvalue weighted by atomic mass is 35.5. The molecule has 212 valence electrons. The number of nitrogens with one attached hydrogen (secondary N) is 2. The summed E-state index contributed by atoms with van der Waals surface area (Å²) in [6.45, 7) is 5.62. The highest BCUT2D eigenvalue weighted by Crippen LogP contribution is 2.40. The first-order valence-electron chi connectivity index (χ1n) is 12.2. The molecular weight excluding hydrogens is 596 g/mol. The molecule has 3 aromatic heterocycles. The van der Waals surface area contributed by atoms with Crippen LogP contribution in [0.1, 0.15) is 37.5 Å². The first-order valence-corrected chi connectivity index (χ1v) is 12.9. The van der Waals surface area contributed by atoms with Gasteiger partial charge in [0.15, 0.2) is 11.5 Å². The number of aromatic amines is 1. The Labute approximate surface area is 255 Å². The van der Waals surface area contributed by atoms with Gasteiger partial charge in [0, 0.05) is 54.3 Å². The smallest absolute Gasteiger partial charge is 0.162 e. The molecule has 1 saturated heterocycles. The molecule has 0 aliphatic carbocycles. The lowest BCUT2D eigenvalue weighted by atomic mass is 9.87. The van der Waals surface area contributed by atoms with Crippen LogP contribution < -0.4 is 19.7 Å². The number of ether oxygens (including phenoxy) is 2. The number of hydrogen-bond donors (Lipinski definition) is 2. The molecule has 0 spiro atoms. The third kappa shape index (κ3) is 5.60. The number of benzene rings is 1. The third-order valence-corrected chi connectivity index (χ3v) is 7.80. The molecule has 9 nitrogen and oxygen atoms in total. The lowest BCUT2D eigenvalue weighted by Gasteiger charge is -2.50. The molecule has 1 atom stereocenters. The minimum absolute atomic E-state index is 0. The van der Waals surface area contributed by atoms with Gasteiger partial charge in [-0.1, -0.05) is 30.1 Å². The summed E-state index contributed by atoms with van der Waals surface area (Å²) in [6, 6.07) is 7.80. The molecule has 40 heavy (non-hydrogen) atoms. The highest BCUT2D eigenvalue weighted by Gasteiger charge is 2.41. The Morgan fingerprint density at radius 2 is 1.85 bits per heavy atom. The SMILES string of the molecule is CCC1(NC)CN(c2ncc(-c3n[nH]c4cc(OC)c(O[C@H](C)c5c(Cl)cncc5Cl)cc34)cc2C#N)C1.Cl.Cl. The largest absolute Gasteiger partial charge is 0.493 e. The fraction of sp³-hybridized carbons (Fsp3) is 0.333. The van der Waals surface area contributed by atoms with Crippen molar-refractivity contribution in [2.75, 3.05) is 32.1 Å². The molecule has 5 rings (SSSR count). The van der Waals surface area contributed by atoms with Crippen LogP contribution in [0.2, 0.25) is 10.0 Å². The molecule has 1 aliphatic rings. The monoisotopic (exact) mass is 623 g/mol. The van der Waals surface area contributed by atoms with Gasteiger partial charge in [-0.05, 0) is 32.5 Å². The molecule has 0 saturated carbocycles. The van der Waals surface area contributed by atoms with E-state index in [9.17, 15) is 5.26 Å². The Morgan fingerprint density at radius 3 is 2.45 bits per heavy atom. The van der Waals surface area contributed by atoms with Crippen LogP contribution in [0.5, 0.6) is 11.5 Å². The van der Waals surface area contributed by atoms with Crippen LogP contribution in [-0.2, 0) is 0 Å². The van der Waals surface area contributed by atoms with Crippen molar-refractivity contribution in [1.29, 1.82) is 5.26 Å². The maximum absolute atomic E-state index is 9.91. The second kappa shape index (κ2) is 12.7. The van der Waals surface area contributed by atoms with Crippen molar-refractivity contribution in [2.24, 2.45) is 0 Å². The van der Waals surface area contributed by atoms with Gasteiger partial charge in [0.2, 0.25) is 0 Å². The molecule has 1 aromatic carbocycles. The molecule has 1 fully saturated rings. The van der Waals surface area contributed by atoms with Crippen molar-refractivity contribution < 1.29 is 9.47 Å². The van der Waals surface area contributed by atoms with E-state index in [1.165, 1.54) is 12.4 Å². The van der Waals surface area contributed by atoms with Gasteiger partial charge in [-0.3, -0.25) is 10.1 Å². The molecule has 13 heteroatoms. The number of pyridine rings is 2. The average molecular weight is 625 g/mol. The van der Waals surface area contributed by atoms with Crippen LogP contribution in [0, 0.1) is 11.3 Å². The van der Waals surface area contributed by atoms with Gasteiger partial charge in [-0.2, -0.15) is 10.4 Å². The van der Waals surface area contributed by atoms with E-state index in [1.54, 1.807) is 13.3 Å². The number of rotatable bonds is 8. The lowest BCUT2D eigenvalue weighted by Crippen LogP contribution is -2.68. The van der Waals surface area contributed by atoms with Crippen LogP contribution in [0.25, 0.3) is 22.2 Å². The zero-order valence-corrected chi connectivity index (χ0v) is 25.4. The number of aromatic nitrogens is 4. The summed E-state index contributed by atoms with van der Waals surface area (Å²) >= 11 is 12.7. The van der Waals surface area contributed by atoms with E-state index in [4.69, 9.17) is 32.7 Å². The van der Waals surface area contributed by atoms with Crippen molar-refractivity contribution in [3.63, 3.8) is 0 Å². The molecule has 0 amide bonds. The van der Waals surface area contributed by atoms with Crippen LogP contribution in [0.3, 0.4) is 0 Å². The van der Waals surface area contributed by atoms with Crippen LogP contribution >= 0.6 is 48.0 Å². The summed E-state index contributed by atoms with van der Waals surface area (Å²) in [5.41, 5.74) is 3.31. The molecule has 0 radical (unpaired) electrons. The maximum Gasteiger partial charge on any atom is 0.162 e. The maximum atomic E-state index is 9.91. The van der Waals surface area contributed by atoms with E-state index in [0.717, 1.165) is 36.0 Å². The molecule has 4 heterocycles. The normalized spacial score (nSPS) is 14.4. The minimum Gasteiger partial charge on any atom is -0.493 e. The van der Waals surface area contributed by atoms with E-state index in [2.05, 4.69) is 43.4 Å². The predicted molar refractivity (Wildman–Crippen MR) is 163 cm³/mol. The number of likely N-dealkylation sites (N-methyl/N-ethyl adjacent to an activating group) is 1. The van der Waals surface area contributed by atoms with E-state index < -0.39 is 6.10 Å². The molecule has 0 bridgehead atoms. The summed E-state index contributed by atoms with van der Waals surface area (Å²) in [4.78, 5) is 10.8. The topological polar surface area (TPSA) is 112 Å². The van der Waals surface area contributed by atoms with Crippen LogP contribution in [0.15, 0.2) is 36.8 Å². The van der Waals surface area contributed by atoms with Gasteiger partial charge < -0.3 is 19.7 Å². The summed E-state index contributed by atoms with van der Waals surface area (Å²) in [7, 11) is 3.54.